The van der Waals surface area contributed by atoms with E-state index in [0.717, 1.165) is 19.5 Å². The first-order valence-corrected chi connectivity index (χ1v) is 7.64. The van der Waals surface area contributed by atoms with Gasteiger partial charge in [-0.2, -0.15) is 0 Å². The third-order valence-electron chi connectivity index (χ3n) is 4.09. The second-order valence-electron chi connectivity index (χ2n) is 6.36. The van der Waals surface area contributed by atoms with Gasteiger partial charge in [0, 0.05) is 10.8 Å². The van der Waals surface area contributed by atoms with Gasteiger partial charge in [0.15, 0.2) is 0 Å². The van der Waals surface area contributed by atoms with E-state index in [1.807, 2.05) is 11.3 Å². The summed E-state index contributed by atoms with van der Waals surface area (Å²) in [6.45, 7) is 11.1. The van der Waals surface area contributed by atoms with Crippen molar-refractivity contribution < 1.29 is 0 Å². The Morgan fingerprint density at radius 3 is 2.72 bits per heavy atom. The highest BCUT2D eigenvalue weighted by atomic mass is 32.1. The van der Waals surface area contributed by atoms with E-state index in [2.05, 4.69) is 50.8 Å². The van der Waals surface area contributed by atoms with E-state index in [1.54, 1.807) is 0 Å². The normalized spacial score (nSPS) is 29.5. The average molecular weight is 267 g/mol. The molecule has 102 valence electrons. The lowest BCUT2D eigenvalue weighted by molar-refractivity contribution is 0.179. The van der Waals surface area contributed by atoms with Crippen molar-refractivity contribution in [2.75, 3.05) is 20.1 Å². The molecule has 1 saturated heterocycles. The smallest absolute Gasteiger partial charge is 0.113 e. The first-order valence-electron chi connectivity index (χ1n) is 6.76. The zero-order valence-electron chi connectivity index (χ0n) is 12.1. The lowest BCUT2D eigenvalue weighted by atomic mass is 9.80. The van der Waals surface area contributed by atoms with Gasteiger partial charge in [0.05, 0.1) is 11.2 Å². The second kappa shape index (κ2) is 4.91. The van der Waals surface area contributed by atoms with Crippen LogP contribution in [0.25, 0.3) is 0 Å². The van der Waals surface area contributed by atoms with Crippen LogP contribution in [0.2, 0.25) is 0 Å². The fourth-order valence-electron chi connectivity index (χ4n) is 2.64. The van der Waals surface area contributed by atoms with Crippen molar-refractivity contribution in [3.63, 3.8) is 0 Å². The number of nitrogens with zero attached hydrogens (tertiary/aromatic N) is 1. The lowest BCUT2D eigenvalue weighted by Crippen LogP contribution is -2.54. The molecule has 0 saturated carbocycles. The van der Waals surface area contributed by atoms with E-state index in [0.29, 0.717) is 5.92 Å². The van der Waals surface area contributed by atoms with Gasteiger partial charge in [-0.05, 0) is 32.5 Å². The molecular formula is C14H25N3S. The molecule has 2 rings (SSSR count). The van der Waals surface area contributed by atoms with Gasteiger partial charge in [0.2, 0.25) is 0 Å². The predicted octanol–water partition coefficient (Wildman–Crippen LogP) is 2.48. The summed E-state index contributed by atoms with van der Waals surface area (Å²) in [5.41, 5.74) is 1.40. The first kappa shape index (κ1) is 14.0. The average Bonchev–Trinajstić information content (AvgIpc) is 2.79. The number of aromatic nitrogens is 1. The molecule has 3 nitrogen and oxygen atoms in total. The summed E-state index contributed by atoms with van der Waals surface area (Å²) in [6.07, 6.45) is 1.11. The molecule has 1 fully saturated rings. The second-order valence-corrected chi connectivity index (χ2v) is 7.22. The Hall–Kier alpha value is -0.450. The maximum atomic E-state index is 4.93. The molecule has 2 unspecified atom stereocenters. The van der Waals surface area contributed by atoms with E-state index in [1.165, 1.54) is 10.7 Å². The standard InChI is InChI=1S/C14H25N3S/c1-10-8-16-7-6-14(10,15-5)12-17-11(9-18-12)13(2,3)4/h9-10,15-16H,6-8H2,1-5H3. The predicted molar refractivity (Wildman–Crippen MR) is 78.2 cm³/mol. The number of rotatable bonds is 2. The Labute approximate surface area is 114 Å². The number of piperidine rings is 1. The summed E-state index contributed by atoms with van der Waals surface area (Å²) in [7, 11) is 2.07. The van der Waals surface area contributed by atoms with Crippen molar-refractivity contribution in [2.24, 2.45) is 5.92 Å². The molecule has 0 radical (unpaired) electrons. The van der Waals surface area contributed by atoms with Gasteiger partial charge in [-0.1, -0.05) is 27.7 Å². The van der Waals surface area contributed by atoms with E-state index in [4.69, 9.17) is 4.98 Å². The molecule has 1 aliphatic rings. The summed E-state index contributed by atoms with van der Waals surface area (Å²) in [6, 6.07) is 0. The fourth-order valence-corrected chi connectivity index (χ4v) is 4.04. The van der Waals surface area contributed by atoms with Gasteiger partial charge in [0.25, 0.3) is 0 Å². The number of thiazole rings is 1. The van der Waals surface area contributed by atoms with Crippen LogP contribution in [0.4, 0.5) is 0 Å². The molecular weight excluding hydrogens is 242 g/mol. The van der Waals surface area contributed by atoms with Gasteiger partial charge in [-0.15, -0.1) is 11.3 Å². The number of hydrogen-bond donors (Lipinski definition) is 2. The largest absolute Gasteiger partial charge is 0.316 e. The SMILES string of the molecule is CNC1(c2nc(C(C)(C)C)cs2)CCNCC1C. The van der Waals surface area contributed by atoms with E-state index >= 15 is 0 Å². The zero-order valence-corrected chi connectivity index (χ0v) is 12.9. The molecule has 0 aliphatic carbocycles. The van der Waals surface area contributed by atoms with Gasteiger partial charge in [0.1, 0.15) is 5.01 Å². The van der Waals surface area contributed by atoms with Crippen molar-refractivity contribution in [1.82, 2.24) is 15.6 Å². The van der Waals surface area contributed by atoms with Crippen molar-refractivity contribution in [2.45, 2.75) is 45.1 Å². The molecule has 18 heavy (non-hydrogen) atoms. The van der Waals surface area contributed by atoms with Crippen molar-refractivity contribution in [1.29, 1.82) is 0 Å². The maximum absolute atomic E-state index is 4.93. The van der Waals surface area contributed by atoms with Gasteiger partial charge < -0.3 is 10.6 Å². The number of nitrogens with one attached hydrogen (secondary N) is 2. The summed E-state index contributed by atoms with van der Waals surface area (Å²) in [4.78, 5) is 4.93. The van der Waals surface area contributed by atoms with Gasteiger partial charge in [-0.3, -0.25) is 0 Å². The molecule has 0 bridgehead atoms. The minimum atomic E-state index is 0.0550. The summed E-state index contributed by atoms with van der Waals surface area (Å²) >= 11 is 1.81. The van der Waals surface area contributed by atoms with E-state index < -0.39 is 0 Å². The van der Waals surface area contributed by atoms with Crippen LogP contribution in [0.1, 0.15) is 44.8 Å². The van der Waals surface area contributed by atoms with Crippen molar-refractivity contribution >= 4 is 11.3 Å². The molecule has 1 aromatic rings. The highest BCUT2D eigenvalue weighted by Crippen LogP contribution is 2.38. The van der Waals surface area contributed by atoms with Crippen molar-refractivity contribution in [3.05, 3.63) is 16.1 Å². The van der Waals surface area contributed by atoms with Crippen LogP contribution in [0, 0.1) is 5.92 Å². The third-order valence-corrected chi connectivity index (χ3v) is 5.11. The Morgan fingerprint density at radius 2 is 2.22 bits per heavy atom. The van der Waals surface area contributed by atoms with Crippen LogP contribution < -0.4 is 10.6 Å². The minimum Gasteiger partial charge on any atom is -0.316 e. The molecule has 2 atom stereocenters. The highest BCUT2D eigenvalue weighted by molar-refractivity contribution is 7.09. The summed E-state index contributed by atoms with van der Waals surface area (Å²) < 4.78 is 0. The third kappa shape index (κ3) is 2.33. The topological polar surface area (TPSA) is 37.0 Å². The highest BCUT2D eigenvalue weighted by Gasteiger charge is 2.41. The van der Waals surface area contributed by atoms with Crippen LogP contribution in [0.15, 0.2) is 5.38 Å². The molecule has 0 spiro atoms. The molecule has 0 aromatic carbocycles. The molecule has 0 amide bonds. The lowest BCUT2D eigenvalue weighted by Gasteiger charge is -2.41. The van der Waals surface area contributed by atoms with E-state index in [9.17, 15) is 0 Å². The van der Waals surface area contributed by atoms with Crippen LogP contribution in [0.3, 0.4) is 0 Å². The summed E-state index contributed by atoms with van der Waals surface area (Å²) in [5, 5.41) is 10.5. The Balaban J connectivity index is 2.35. The minimum absolute atomic E-state index is 0.0550. The quantitative estimate of drug-likeness (QED) is 0.864. The molecule has 2 N–H and O–H groups in total. The molecule has 1 aliphatic heterocycles. The molecule has 2 heterocycles. The maximum Gasteiger partial charge on any atom is 0.113 e. The fraction of sp³-hybridized carbons (Fsp3) is 0.786. The Bertz CT molecular complexity index is 407. The van der Waals surface area contributed by atoms with Crippen molar-refractivity contribution in [3.8, 4) is 0 Å². The van der Waals surface area contributed by atoms with E-state index in [-0.39, 0.29) is 11.0 Å². The van der Waals surface area contributed by atoms with Crippen LogP contribution in [-0.2, 0) is 11.0 Å². The summed E-state index contributed by atoms with van der Waals surface area (Å²) in [5.74, 6) is 0.565. The monoisotopic (exact) mass is 267 g/mol. The first-order chi connectivity index (χ1) is 8.40. The van der Waals surface area contributed by atoms with Crippen LogP contribution >= 0.6 is 11.3 Å². The Kier molecular flexibility index (Phi) is 3.81. The van der Waals surface area contributed by atoms with Gasteiger partial charge >= 0.3 is 0 Å². The molecule has 1 aromatic heterocycles. The Morgan fingerprint density at radius 1 is 1.50 bits per heavy atom. The van der Waals surface area contributed by atoms with Gasteiger partial charge in [-0.25, -0.2) is 4.98 Å². The van der Waals surface area contributed by atoms with Crippen LogP contribution in [-0.4, -0.2) is 25.1 Å². The zero-order chi connectivity index (χ0) is 13.4. The van der Waals surface area contributed by atoms with Crippen LogP contribution in [0.5, 0.6) is 0 Å². The number of hydrogen-bond acceptors (Lipinski definition) is 4. The molecule has 4 heteroatoms.